The normalized spacial score (nSPS) is 18.4. The molecule has 0 spiro atoms. The van der Waals surface area contributed by atoms with E-state index < -0.39 is 11.9 Å². The molecule has 2 fully saturated rings. The quantitative estimate of drug-likeness (QED) is 0.503. The molecule has 0 unspecified atom stereocenters. The predicted molar refractivity (Wildman–Crippen MR) is 135 cm³/mol. The number of anilines is 2. The summed E-state index contributed by atoms with van der Waals surface area (Å²) in [6.45, 7) is 4.56. The molecule has 2 heterocycles. The van der Waals surface area contributed by atoms with Crippen molar-refractivity contribution in [1.82, 2.24) is 10.2 Å². The Morgan fingerprint density at radius 1 is 1.18 bits per heavy atom. The van der Waals surface area contributed by atoms with Crippen LogP contribution in [0.1, 0.15) is 12.5 Å². The van der Waals surface area contributed by atoms with E-state index in [1.807, 2.05) is 35.2 Å². The molecule has 2 amide bonds. The van der Waals surface area contributed by atoms with Crippen LogP contribution in [0.2, 0.25) is 0 Å². The highest BCUT2D eigenvalue weighted by Gasteiger charge is 2.33. The summed E-state index contributed by atoms with van der Waals surface area (Å²) in [5, 5.41) is 2.99. The second kappa shape index (κ2) is 10.6. The van der Waals surface area contributed by atoms with Crippen molar-refractivity contribution < 1.29 is 18.7 Å². The Morgan fingerprint density at radius 3 is 2.59 bits per heavy atom. The second-order valence-corrected chi connectivity index (χ2v) is 8.86. The van der Waals surface area contributed by atoms with Gasteiger partial charge in [-0.1, -0.05) is 42.5 Å². The predicted octanol–water partition coefficient (Wildman–Crippen LogP) is 3.45. The summed E-state index contributed by atoms with van der Waals surface area (Å²) in [6.07, 6.45) is 2.52. The largest absolute Gasteiger partial charge is 0.442 e. The zero-order valence-corrected chi connectivity index (χ0v) is 19.8. The third kappa shape index (κ3) is 5.72. The van der Waals surface area contributed by atoms with E-state index in [1.54, 1.807) is 36.1 Å². The zero-order chi connectivity index (χ0) is 24.1. The van der Waals surface area contributed by atoms with E-state index in [0.29, 0.717) is 55.6 Å². The van der Waals surface area contributed by atoms with Crippen molar-refractivity contribution >= 4 is 46.7 Å². The molecule has 4 rings (SSSR count). The van der Waals surface area contributed by atoms with Crippen LogP contribution in [0.5, 0.6) is 0 Å². The number of ether oxygens (including phenoxy) is 1. The maximum atomic E-state index is 15.0. The van der Waals surface area contributed by atoms with Gasteiger partial charge in [0.25, 0.3) is 0 Å². The third-order valence-corrected chi connectivity index (χ3v) is 5.99. The molecule has 2 saturated heterocycles. The van der Waals surface area contributed by atoms with Gasteiger partial charge in [0.15, 0.2) is 0 Å². The summed E-state index contributed by atoms with van der Waals surface area (Å²) in [7, 11) is 0. The molecular weight excluding hydrogens is 455 g/mol. The molecule has 1 N–H and O–H groups in total. The van der Waals surface area contributed by atoms with E-state index >= 15 is 0 Å². The van der Waals surface area contributed by atoms with Crippen LogP contribution in [0.3, 0.4) is 0 Å². The first kappa shape index (κ1) is 23.7. The fourth-order valence-corrected chi connectivity index (χ4v) is 4.10. The monoisotopic (exact) mass is 482 g/mol. The minimum Gasteiger partial charge on any atom is -0.442 e. The number of amides is 2. The molecule has 9 heteroatoms. The van der Waals surface area contributed by atoms with Gasteiger partial charge in [-0.2, -0.15) is 0 Å². The van der Waals surface area contributed by atoms with Gasteiger partial charge in [0, 0.05) is 32.3 Å². The summed E-state index contributed by atoms with van der Waals surface area (Å²) in [4.78, 5) is 30.5. The molecule has 2 aliphatic heterocycles. The number of benzene rings is 2. The highest BCUT2D eigenvalue weighted by atomic mass is 32.1. The number of cyclic esters (lactones) is 1. The first-order valence-corrected chi connectivity index (χ1v) is 11.6. The highest BCUT2D eigenvalue weighted by Crippen LogP contribution is 2.28. The summed E-state index contributed by atoms with van der Waals surface area (Å²) in [5.74, 6) is -0.467. The summed E-state index contributed by atoms with van der Waals surface area (Å²) < 4.78 is 20.3. The van der Waals surface area contributed by atoms with Crippen molar-refractivity contribution in [3.8, 4) is 0 Å². The average Bonchev–Trinajstić information content (AvgIpc) is 3.22. The number of carbonyl (C=O) groups excluding carboxylic acids is 2. The third-order valence-electron chi connectivity index (χ3n) is 5.85. The number of hydrogen-bond acceptors (Lipinski definition) is 5. The highest BCUT2D eigenvalue weighted by molar-refractivity contribution is 7.80. The van der Waals surface area contributed by atoms with Crippen LogP contribution in [0, 0.1) is 5.82 Å². The lowest BCUT2D eigenvalue weighted by Crippen LogP contribution is -2.48. The summed E-state index contributed by atoms with van der Waals surface area (Å²) in [5.41, 5.74) is 1.88. The fraction of sp³-hybridized carbons (Fsp3) is 0.320. The molecule has 0 aromatic heterocycles. The number of halogens is 1. The maximum absolute atomic E-state index is 15.0. The number of thiocarbonyl (C=S) groups is 1. The van der Waals surface area contributed by atoms with Gasteiger partial charge < -0.3 is 19.9 Å². The summed E-state index contributed by atoms with van der Waals surface area (Å²) in [6, 6.07) is 14.4. The molecule has 178 valence electrons. The average molecular weight is 483 g/mol. The van der Waals surface area contributed by atoms with E-state index in [4.69, 9.17) is 17.0 Å². The lowest BCUT2D eigenvalue weighted by atomic mass is 10.2. The zero-order valence-electron chi connectivity index (χ0n) is 18.9. The summed E-state index contributed by atoms with van der Waals surface area (Å²) >= 11 is 4.99. The van der Waals surface area contributed by atoms with E-state index in [9.17, 15) is 14.0 Å². The molecule has 2 aromatic rings. The van der Waals surface area contributed by atoms with Crippen molar-refractivity contribution in [2.75, 3.05) is 49.1 Å². The number of rotatable bonds is 6. The van der Waals surface area contributed by atoms with Gasteiger partial charge in [0.1, 0.15) is 11.9 Å². The maximum Gasteiger partial charge on any atom is 0.414 e. The lowest BCUT2D eigenvalue weighted by Gasteiger charge is -2.36. The Morgan fingerprint density at radius 2 is 1.91 bits per heavy atom. The van der Waals surface area contributed by atoms with Gasteiger partial charge in [-0.25, -0.2) is 9.18 Å². The van der Waals surface area contributed by atoms with Crippen LogP contribution < -0.4 is 15.1 Å². The number of hydrogen-bond donors (Lipinski definition) is 1. The standard InChI is InChI=1S/C25H27FN4O3S/c1-18(34)27-16-21-17-30(25(32)33-21)20-8-9-23(22(26)15-20)28-11-13-29(14-12-28)24(31)10-7-19-5-3-2-4-6-19/h2-10,15,21H,11-14,16-17H2,1H3,(H,27,34)/t21-/m0/s1. The van der Waals surface area contributed by atoms with Crippen LogP contribution in [-0.4, -0.2) is 67.3 Å². The van der Waals surface area contributed by atoms with Gasteiger partial charge in [-0.15, -0.1) is 0 Å². The molecular formula is C25H27FN4O3S. The first-order valence-electron chi connectivity index (χ1n) is 11.2. The van der Waals surface area contributed by atoms with Gasteiger partial charge in [-0.05, 0) is 36.8 Å². The van der Waals surface area contributed by atoms with Gasteiger partial charge in [0.05, 0.1) is 29.5 Å². The number of carbonyl (C=O) groups is 2. The molecule has 1 atom stereocenters. The van der Waals surface area contributed by atoms with Gasteiger partial charge >= 0.3 is 6.09 Å². The minimum absolute atomic E-state index is 0.0558. The first-order chi connectivity index (χ1) is 16.4. The molecule has 2 aromatic carbocycles. The minimum atomic E-state index is -0.503. The molecule has 2 aliphatic rings. The van der Waals surface area contributed by atoms with E-state index in [2.05, 4.69) is 5.32 Å². The van der Waals surface area contributed by atoms with Crippen LogP contribution in [0.25, 0.3) is 6.08 Å². The molecule has 0 aliphatic carbocycles. The Hall–Kier alpha value is -3.46. The second-order valence-electron chi connectivity index (χ2n) is 8.25. The fourth-order valence-electron chi connectivity index (χ4n) is 4.02. The Balaban J connectivity index is 1.33. The van der Waals surface area contributed by atoms with Crippen molar-refractivity contribution in [2.24, 2.45) is 0 Å². The van der Waals surface area contributed by atoms with E-state index in [1.165, 1.54) is 11.0 Å². The van der Waals surface area contributed by atoms with Crippen molar-refractivity contribution in [2.45, 2.75) is 13.0 Å². The Kier molecular flexibility index (Phi) is 7.42. The van der Waals surface area contributed by atoms with Crippen LogP contribution in [0.15, 0.2) is 54.6 Å². The molecule has 34 heavy (non-hydrogen) atoms. The number of nitrogens with zero attached hydrogens (tertiary/aromatic N) is 3. The van der Waals surface area contributed by atoms with Crippen molar-refractivity contribution in [1.29, 1.82) is 0 Å². The Labute approximate surface area is 203 Å². The molecule has 0 saturated carbocycles. The van der Waals surface area contributed by atoms with Crippen LogP contribution >= 0.6 is 12.2 Å². The lowest BCUT2D eigenvalue weighted by molar-refractivity contribution is -0.126. The van der Waals surface area contributed by atoms with Gasteiger partial charge in [-0.3, -0.25) is 9.69 Å². The van der Waals surface area contributed by atoms with Crippen LogP contribution in [0.4, 0.5) is 20.6 Å². The van der Waals surface area contributed by atoms with Gasteiger partial charge in [0.2, 0.25) is 5.91 Å². The SMILES string of the molecule is CC(=S)NC[C@H]1CN(c2ccc(N3CCN(C(=O)C=Cc4ccccc4)CC3)c(F)c2)C(=O)O1. The number of piperazine rings is 1. The van der Waals surface area contributed by atoms with E-state index in [-0.39, 0.29) is 12.0 Å². The topological polar surface area (TPSA) is 65.1 Å². The smallest absolute Gasteiger partial charge is 0.414 e. The molecule has 7 nitrogen and oxygen atoms in total. The van der Waals surface area contributed by atoms with Crippen LogP contribution in [-0.2, 0) is 9.53 Å². The van der Waals surface area contributed by atoms with Crippen molar-refractivity contribution in [3.63, 3.8) is 0 Å². The molecule has 0 bridgehead atoms. The Bertz CT molecular complexity index is 1090. The number of nitrogens with one attached hydrogen (secondary N) is 1. The van der Waals surface area contributed by atoms with E-state index in [0.717, 1.165) is 5.56 Å². The molecule has 0 radical (unpaired) electrons. The van der Waals surface area contributed by atoms with Crippen molar-refractivity contribution in [3.05, 3.63) is 66.0 Å².